The lowest BCUT2D eigenvalue weighted by Crippen LogP contribution is -2.36. The molecule has 0 aliphatic carbocycles. The van der Waals surface area contributed by atoms with Crippen LogP contribution in [0.4, 0.5) is 5.69 Å². The topological polar surface area (TPSA) is 55.3 Å². The third-order valence-electron chi connectivity index (χ3n) is 3.82. The van der Waals surface area contributed by atoms with Gasteiger partial charge >= 0.3 is 0 Å². The summed E-state index contributed by atoms with van der Waals surface area (Å²) >= 11 is 1.41. The van der Waals surface area contributed by atoms with E-state index < -0.39 is 0 Å². The average molecular weight is 337 g/mol. The van der Waals surface area contributed by atoms with E-state index in [2.05, 4.69) is 9.97 Å². The Morgan fingerprint density at radius 3 is 2.83 bits per heavy atom. The first-order valence-corrected chi connectivity index (χ1v) is 8.51. The second-order valence-corrected chi connectivity index (χ2v) is 6.49. The first-order valence-electron chi connectivity index (χ1n) is 7.69. The average Bonchev–Trinajstić information content (AvgIpc) is 3.06. The monoisotopic (exact) mass is 337 g/mol. The van der Waals surface area contributed by atoms with Gasteiger partial charge in [-0.2, -0.15) is 0 Å². The van der Waals surface area contributed by atoms with Crippen molar-refractivity contribution in [2.24, 2.45) is 0 Å². The molecule has 1 aromatic carbocycles. The zero-order valence-corrected chi connectivity index (χ0v) is 13.7. The maximum Gasteiger partial charge on any atom is 0.270 e. The Bertz CT molecular complexity index is 849. The SMILES string of the molecule is O=C1c2sc(COc3ccccc3)nc2CCN1c1cccnc1. The maximum absolute atomic E-state index is 12.7. The van der Waals surface area contributed by atoms with Crippen molar-refractivity contribution in [3.8, 4) is 5.75 Å². The fourth-order valence-electron chi connectivity index (χ4n) is 2.66. The van der Waals surface area contributed by atoms with E-state index in [0.717, 1.165) is 28.6 Å². The number of rotatable bonds is 4. The van der Waals surface area contributed by atoms with Gasteiger partial charge in [0, 0.05) is 19.2 Å². The maximum atomic E-state index is 12.7. The van der Waals surface area contributed by atoms with Gasteiger partial charge < -0.3 is 9.64 Å². The lowest BCUT2D eigenvalue weighted by molar-refractivity contribution is 0.0984. The van der Waals surface area contributed by atoms with Gasteiger partial charge in [-0.1, -0.05) is 18.2 Å². The molecule has 1 amide bonds. The van der Waals surface area contributed by atoms with Crippen molar-refractivity contribution in [1.29, 1.82) is 0 Å². The van der Waals surface area contributed by atoms with Gasteiger partial charge in [-0.25, -0.2) is 4.98 Å². The van der Waals surface area contributed by atoms with Crippen molar-refractivity contribution < 1.29 is 9.53 Å². The summed E-state index contributed by atoms with van der Waals surface area (Å²) in [4.78, 5) is 23.9. The van der Waals surface area contributed by atoms with Gasteiger partial charge in [0.2, 0.25) is 0 Å². The molecule has 4 rings (SSSR count). The largest absolute Gasteiger partial charge is 0.486 e. The Hall–Kier alpha value is -2.73. The molecule has 0 bridgehead atoms. The second kappa shape index (κ2) is 6.41. The zero-order chi connectivity index (χ0) is 16.4. The molecule has 3 aromatic rings. The number of aromatic nitrogens is 2. The Balaban J connectivity index is 1.52. The highest BCUT2D eigenvalue weighted by molar-refractivity contribution is 7.14. The van der Waals surface area contributed by atoms with Crippen molar-refractivity contribution in [1.82, 2.24) is 9.97 Å². The summed E-state index contributed by atoms with van der Waals surface area (Å²) in [5, 5.41) is 0.824. The normalized spacial score (nSPS) is 13.7. The van der Waals surface area contributed by atoms with Crippen LogP contribution in [0.2, 0.25) is 0 Å². The number of carbonyl (C=O) groups excluding carboxylic acids is 1. The molecule has 1 aliphatic rings. The van der Waals surface area contributed by atoms with Crippen LogP contribution < -0.4 is 9.64 Å². The molecule has 0 saturated heterocycles. The van der Waals surface area contributed by atoms with Crippen molar-refractivity contribution in [3.05, 3.63) is 70.4 Å². The molecule has 0 unspecified atom stereocenters. The van der Waals surface area contributed by atoms with E-state index in [9.17, 15) is 4.79 Å². The molecule has 120 valence electrons. The van der Waals surface area contributed by atoms with Crippen LogP contribution in [-0.2, 0) is 13.0 Å². The van der Waals surface area contributed by atoms with Gasteiger partial charge in [0.15, 0.2) is 0 Å². The first-order chi connectivity index (χ1) is 11.8. The second-order valence-electron chi connectivity index (χ2n) is 5.40. The molecule has 24 heavy (non-hydrogen) atoms. The first kappa shape index (κ1) is 14.8. The molecule has 3 heterocycles. The molecule has 0 radical (unpaired) electrons. The van der Waals surface area contributed by atoms with E-state index in [1.807, 2.05) is 42.5 Å². The fourth-order valence-corrected chi connectivity index (χ4v) is 3.63. The van der Waals surface area contributed by atoms with Crippen LogP contribution in [0.1, 0.15) is 20.4 Å². The number of hydrogen-bond donors (Lipinski definition) is 0. The minimum absolute atomic E-state index is 0.00675. The smallest absolute Gasteiger partial charge is 0.270 e. The minimum atomic E-state index is -0.00675. The number of ether oxygens (including phenoxy) is 1. The van der Waals surface area contributed by atoms with Crippen LogP contribution in [0.5, 0.6) is 5.75 Å². The lowest BCUT2D eigenvalue weighted by Gasteiger charge is -2.25. The number of para-hydroxylation sites is 1. The van der Waals surface area contributed by atoms with Crippen LogP contribution in [-0.4, -0.2) is 22.4 Å². The summed E-state index contributed by atoms with van der Waals surface area (Å²) < 4.78 is 5.73. The van der Waals surface area contributed by atoms with Gasteiger partial charge in [0.05, 0.1) is 17.6 Å². The van der Waals surface area contributed by atoms with Gasteiger partial charge in [-0.05, 0) is 24.3 Å². The molecular weight excluding hydrogens is 322 g/mol. The number of hydrogen-bond acceptors (Lipinski definition) is 5. The third kappa shape index (κ3) is 2.88. The van der Waals surface area contributed by atoms with Gasteiger partial charge in [-0.15, -0.1) is 11.3 Å². The van der Waals surface area contributed by atoms with Crippen molar-refractivity contribution >= 4 is 22.9 Å². The van der Waals surface area contributed by atoms with Crippen LogP contribution in [0.25, 0.3) is 0 Å². The lowest BCUT2D eigenvalue weighted by atomic mass is 10.1. The highest BCUT2D eigenvalue weighted by Crippen LogP contribution is 2.28. The molecule has 2 aromatic heterocycles. The molecule has 0 saturated carbocycles. The molecule has 0 N–H and O–H groups in total. The Morgan fingerprint density at radius 1 is 1.17 bits per heavy atom. The minimum Gasteiger partial charge on any atom is -0.486 e. The van der Waals surface area contributed by atoms with E-state index in [0.29, 0.717) is 18.0 Å². The number of nitrogens with zero attached hydrogens (tertiary/aromatic N) is 3. The molecular formula is C18H15N3O2S. The van der Waals surface area contributed by atoms with Crippen LogP contribution in [0, 0.1) is 0 Å². The van der Waals surface area contributed by atoms with E-state index in [4.69, 9.17) is 4.74 Å². The molecule has 1 aliphatic heterocycles. The Kier molecular flexibility index (Phi) is 3.96. The van der Waals surface area contributed by atoms with Gasteiger partial charge in [0.25, 0.3) is 5.91 Å². The predicted octanol–water partition coefficient (Wildman–Crippen LogP) is 3.32. The summed E-state index contributed by atoms with van der Waals surface area (Å²) in [6.45, 7) is 1.00. The number of amides is 1. The van der Waals surface area contributed by atoms with Crippen LogP contribution in [0.15, 0.2) is 54.9 Å². The summed E-state index contributed by atoms with van der Waals surface area (Å²) in [7, 11) is 0. The molecule has 5 nitrogen and oxygen atoms in total. The Morgan fingerprint density at radius 2 is 2.04 bits per heavy atom. The highest BCUT2D eigenvalue weighted by Gasteiger charge is 2.29. The summed E-state index contributed by atoms with van der Waals surface area (Å²) in [5.41, 5.74) is 1.69. The Labute approximate surface area is 143 Å². The van der Waals surface area contributed by atoms with Gasteiger partial charge in [0.1, 0.15) is 22.2 Å². The quantitative estimate of drug-likeness (QED) is 0.733. The standard InChI is InChI=1S/C18H15N3O2S/c22-18-17-15(8-10-21(18)13-5-4-9-19-11-13)20-16(24-17)12-23-14-6-2-1-3-7-14/h1-7,9,11H,8,10,12H2. The van der Waals surface area contributed by atoms with E-state index in [1.54, 1.807) is 17.3 Å². The van der Waals surface area contributed by atoms with Crippen LogP contribution in [0.3, 0.4) is 0 Å². The number of benzene rings is 1. The number of carbonyl (C=O) groups is 1. The number of thiazole rings is 1. The number of fused-ring (bicyclic) bond motifs is 1. The predicted molar refractivity (Wildman–Crippen MR) is 92.5 cm³/mol. The fraction of sp³-hybridized carbons (Fsp3) is 0.167. The molecule has 0 fully saturated rings. The number of pyridine rings is 1. The van der Waals surface area contributed by atoms with Gasteiger partial charge in [-0.3, -0.25) is 9.78 Å². The van der Waals surface area contributed by atoms with Crippen molar-refractivity contribution in [2.45, 2.75) is 13.0 Å². The van der Waals surface area contributed by atoms with Crippen LogP contribution >= 0.6 is 11.3 Å². The van der Waals surface area contributed by atoms with E-state index >= 15 is 0 Å². The highest BCUT2D eigenvalue weighted by atomic mass is 32.1. The van der Waals surface area contributed by atoms with E-state index in [1.165, 1.54) is 11.3 Å². The summed E-state index contributed by atoms with van der Waals surface area (Å²) in [5.74, 6) is 0.793. The van der Waals surface area contributed by atoms with Crippen molar-refractivity contribution in [2.75, 3.05) is 11.4 Å². The number of anilines is 1. The van der Waals surface area contributed by atoms with E-state index in [-0.39, 0.29) is 5.91 Å². The third-order valence-corrected chi connectivity index (χ3v) is 4.88. The molecule has 0 spiro atoms. The summed E-state index contributed by atoms with van der Waals surface area (Å²) in [6.07, 6.45) is 4.16. The molecule has 0 atom stereocenters. The molecule has 6 heteroatoms. The zero-order valence-electron chi connectivity index (χ0n) is 12.9. The van der Waals surface area contributed by atoms with Crippen molar-refractivity contribution in [3.63, 3.8) is 0 Å². The summed E-state index contributed by atoms with van der Waals surface area (Å²) in [6, 6.07) is 13.3.